The maximum atomic E-state index is 13.2. The molecule has 1 atom stereocenters. The van der Waals surface area contributed by atoms with Crippen molar-refractivity contribution >= 4 is 40.4 Å². The lowest BCUT2D eigenvalue weighted by atomic mass is 9.87. The second kappa shape index (κ2) is 7.18. The number of halogens is 1. The maximum absolute atomic E-state index is 13.2. The van der Waals surface area contributed by atoms with Crippen LogP contribution in [0.4, 0.5) is 5.82 Å². The van der Waals surface area contributed by atoms with Gasteiger partial charge in [-0.1, -0.05) is 24.6 Å². The van der Waals surface area contributed by atoms with E-state index in [-0.39, 0.29) is 18.1 Å². The average molecular weight is 414 g/mol. The van der Waals surface area contributed by atoms with E-state index < -0.39 is 5.92 Å². The molecule has 1 N–H and O–H groups in total. The Morgan fingerprint density at radius 1 is 1.32 bits per heavy atom. The lowest BCUT2D eigenvalue weighted by Gasteiger charge is -2.23. The molecule has 5 nitrogen and oxygen atoms in total. The van der Waals surface area contributed by atoms with Gasteiger partial charge in [0, 0.05) is 21.9 Å². The number of fused-ring (bicyclic) bond motifs is 1. The first-order chi connectivity index (χ1) is 13.4. The minimum Gasteiger partial charge on any atom is -0.310 e. The highest BCUT2D eigenvalue weighted by atomic mass is 35.5. The molecule has 4 rings (SSSR count). The van der Waals surface area contributed by atoms with Gasteiger partial charge in [0.15, 0.2) is 5.78 Å². The van der Waals surface area contributed by atoms with Crippen molar-refractivity contribution in [3.63, 3.8) is 0 Å². The van der Waals surface area contributed by atoms with Crippen LogP contribution in [0.15, 0.2) is 30.3 Å². The average Bonchev–Trinajstić information content (AvgIpc) is 3.28. The molecule has 144 valence electrons. The third-order valence-corrected chi connectivity index (χ3v) is 6.79. The van der Waals surface area contributed by atoms with Gasteiger partial charge in [-0.2, -0.15) is 5.10 Å². The predicted octanol–water partition coefficient (Wildman–Crippen LogP) is 5.08. The largest absolute Gasteiger partial charge is 0.310 e. The number of anilines is 1. The van der Waals surface area contributed by atoms with Crippen molar-refractivity contribution < 1.29 is 9.59 Å². The monoisotopic (exact) mass is 413 g/mol. The minimum absolute atomic E-state index is 0.0220. The van der Waals surface area contributed by atoms with E-state index in [4.69, 9.17) is 11.6 Å². The SMILES string of the molecule is CCc1ccc(C(=O)[C@@H]2CC(=O)Nc3c2c(C)nn3-c2cccc(Cl)c2C)s1. The first kappa shape index (κ1) is 18.9. The highest BCUT2D eigenvalue weighted by Gasteiger charge is 2.37. The van der Waals surface area contributed by atoms with Crippen molar-refractivity contribution in [2.45, 2.75) is 39.5 Å². The van der Waals surface area contributed by atoms with E-state index in [1.54, 1.807) is 4.68 Å². The summed E-state index contributed by atoms with van der Waals surface area (Å²) in [5.74, 6) is -0.171. The van der Waals surface area contributed by atoms with Crippen LogP contribution < -0.4 is 5.32 Å². The fourth-order valence-corrected chi connectivity index (χ4v) is 4.75. The number of carbonyl (C=O) groups is 2. The molecule has 0 aliphatic carbocycles. The Labute approximate surface area is 172 Å². The highest BCUT2D eigenvalue weighted by Crippen LogP contribution is 2.40. The number of hydrogen-bond acceptors (Lipinski definition) is 4. The number of aromatic nitrogens is 2. The van der Waals surface area contributed by atoms with E-state index in [1.807, 2.05) is 44.2 Å². The summed E-state index contributed by atoms with van der Waals surface area (Å²) >= 11 is 7.77. The fraction of sp³-hybridized carbons (Fsp3) is 0.286. The Balaban J connectivity index is 1.83. The van der Waals surface area contributed by atoms with Crippen LogP contribution in [0.1, 0.15) is 50.6 Å². The molecule has 2 aromatic heterocycles. The van der Waals surface area contributed by atoms with Gasteiger partial charge in [-0.05, 0) is 50.1 Å². The first-order valence-electron chi connectivity index (χ1n) is 9.18. The fourth-order valence-electron chi connectivity index (χ4n) is 3.64. The van der Waals surface area contributed by atoms with Crippen LogP contribution in [0.3, 0.4) is 0 Å². The van der Waals surface area contributed by atoms with Crippen LogP contribution in [0, 0.1) is 13.8 Å². The highest BCUT2D eigenvalue weighted by molar-refractivity contribution is 7.14. The first-order valence-corrected chi connectivity index (χ1v) is 10.4. The molecule has 7 heteroatoms. The Morgan fingerprint density at radius 3 is 2.82 bits per heavy atom. The molecule has 28 heavy (non-hydrogen) atoms. The van der Waals surface area contributed by atoms with Gasteiger partial charge in [-0.25, -0.2) is 4.68 Å². The summed E-state index contributed by atoms with van der Waals surface area (Å²) in [6, 6.07) is 9.40. The van der Waals surface area contributed by atoms with Crippen molar-refractivity contribution in [2.75, 3.05) is 5.32 Å². The van der Waals surface area contributed by atoms with Crippen molar-refractivity contribution in [1.29, 1.82) is 0 Å². The third-order valence-electron chi connectivity index (χ3n) is 5.14. The number of aryl methyl sites for hydroxylation is 2. The lowest BCUT2D eigenvalue weighted by Crippen LogP contribution is -2.28. The zero-order chi connectivity index (χ0) is 20.0. The molecule has 0 fully saturated rings. The number of Topliss-reactive ketones (excluding diaryl/α,β-unsaturated/α-hetero) is 1. The molecule has 1 amide bonds. The molecule has 0 bridgehead atoms. The quantitative estimate of drug-likeness (QED) is 0.607. The standard InChI is InChI=1S/C21H20ClN3O2S/c1-4-13-8-9-17(28-13)20(27)14-10-18(26)23-21-19(14)12(3)24-25(21)16-7-5-6-15(22)11(16)2/h5-9,14H,4,10H2,1-3H3,(H,23,26)/t14-/m1/s1. The number of nitrogens with one attached hydrogen (secondary N) is 1. The van der Waals surface area contributed by atoms with Gasteiger partial charge in [0.2, 0.25) is 5.91 Å². The number of benzene rings is 1. The second-order valence-corrected chi connectivity index (χ2v) is 8.51. The maximum Gasteiger partial charge on any atom is 0.226 e. The van der Waals surface area contributed by atoms with Crippen LogP contribution in [0.2, 0.25) is 5.02 Å². The van der Waals surface area contributed by atoms with Gasteiger partial charge >= 0.3 is 0 Å². The molecule has 3 heterocycles. The van der Waals surface area contributed by atoms with E-state index in [2.05, 4.69) is 17.3 Å². The van der Waals surface area contributed by atoms with Crippen LogP contribution in [-0.2, 0) is 11.2 Å². The van der Waals surface area contributed by atoms with Gasteiger partial charge in [-0.15, -0.1) is 11.3 Å². The molecule has 1 aliphatic rings. The van der Waals surface area contributed by atoms with Gasteiger partial charge < -0.3 is 5.32 Å². The van der Waals surface area contributed by atoms with Crippen LogP contribution >= 0.6 is 22.9 Å². The summed E-state index contributed by atoms with van der Waals surface area (Å²) in [6.07, 6.45) is 1.02. The van der Waals surface area contributed by atoms with E-state index in [0.717, 1.165) is 33.8 Å². The Bertz CT molecular complexity index is 1100. The molecule has 1 aromatic carbocycles. The normalized spacial score (nSPS) is 16.0. The van der Waals surface area contributed by atoms with Crippen LogP contribution in [0.25, 0.3) is 5.69 Å². The third kappa shape index (κ3) is 3.06. The molecule has 0 saturated heterocycles. The molecule has 3 aromatic rings. The van der Waals surface area contributed by atoms with E-state index in [1.165, 1.54) is 11.3 Å². The summed E-state index contributed by atoms with van der Waals surface area (Å²) in [5.41, 5.74) is 3.17. The van der Waals surface area contributed by atoms with Gasteiger partial charge in [0.05, 0.1) is 22.2 Å². The number of amides is 1. The summed E-state index contributed by atoms with van der Waals surface area (Å²) < 4.78 is 1.69. The second-order valence-electron chi connectivity index (χ2n) is 6.93. The van der Waals surface area contributed by atoms with Crippen molar-refractivity contribution in [3.8, 4) is 5.69 Å². The zero-order valence-electron chi connectivity index (χ0n) is 15.9. The predicted molar refractivity (Wildman–Crippen MR) is 112 cm³/mol. The van der Waals surface area contributed by atoms with Crippen molar-refractivity contribution in [2.24, 2.45) is 0 Å². The number of thiophene rings is 1. The summed E-state index contributed by atoms with van der Waals surface area (Å²) in [6.45, 7) is 5.85. The molecule has 0 radical (unpaired) electrons. The molecule has 0 unspecified atom stereocenters. The Hall–Kier alpha value is -2.44. The number of nitrogens with zero attached hydrogens (tertiary/aromatic N) is 2. The molecule has 0 saturated carbocycles. The summed E-state index contributed by atoms with van der Waals surface area (Å²) in [4.78, 5) is 27.5. The van der Waals surface area contributed by atoms with Crippen LogP contribution in [0.5, 0.6) is 0 Å². The zero-order valence-corrected chi connectivity index (χ0v) is 17.4. The van der Waals surface area contributed by atoms with Crippen LogP contribution in [-0.4, -0.2) is 21.5 Å². The molecular weight excluding hydrogens is 394 g/mol. The Kier molecular flexibility index (Phi) is 4.85. The van der Waals surface area contributed by atoms with Gasteiger partial charge in [-0.3, -0.25) is 9.59 Å². The summed E-state index contributed by atoms with van der Waals surface area (Å²) in [5, 5.41) is 8.18. The minimum atomic E-state index is -0.527. The number of hydrogen-bond donors (Lipinski definition) is 1. The van der Waals surface area contributed by atoms with E-state index >= 15 is 0 Å². The molecule has 1 aliphatic heterocycles. The van der Waals surface area contributed by atoms with Gasteiger partial charge in [0.25, 0.3) is 0 Å². The molecule has 0 spiro atoms. The van der Waals surface area contributed by atoms with E-state index in [9.17, 15) is 9.59 Å². The van der Waals surface area contributed by atoms with Crippen molar-refractivity contribution in [3.05, 3.63) is 61.9 Å². The smallest absolute Gasteiger partial charge is 0.226 e. The topological polar surface area (TPSA) is 64.0 Å². The lowest BCUT2D eigenvalue weighted by molar-refractivity contribution is -0.116. The van der Waals surface area contributed by atoms with Crippen molar-refractivity contribution in [1.82, 2.24) is 9.78 Å². The van der Waals surface area contributed by atoms with Gasteiger partial charge in [0.1, 0.15) is 5.82 Å². The number of rotatable bonds is 4. The van der Waals surface area contributed by atoms with E-state index in [0.29, 0.717) is 15.7 Å². The molecular formula is C21H20ClN3O2S. The summed E-state index contributed by atoms with van der Waals surface area (Å²) in [7, 11) is 0. The number of ketones is 1. The Morgan fingerprint density at radius 2 is 2.11 bits per heavy atom. The number of carbonyl (C=O) groups excluding carboxylic acids is 2.